The first-order chi connectivity index (χ1) is 7.50. The van der Waals surface area contributed by atoms with Crippen molar-refractivity contribution in [3.63, 3.8) is 0 Å². The van der Waals surface area contributed by atoms with Gasteiger partial charge in [0.15, 0.2) is 0 Å². The molecule has 0 aliphatic rings. The van der Waals surface area contributed by atoms with Crippen LogP contribution < -0.4 is 0 Å². The highest BCUT2D eigenvalue weighted by Gasteiger charge is 2.21. The summed E-state index contributed by atoms with van der Waals surface area (Å²) in [5.74, 6) is 1.97. The molecular weight excluding hydrogens is 270 g/mol. The smallest absolute Gasteiger partial charge is 0.144 e. The van der Waals surface area contributed by atoms with Crippen LogP contribution >= 0.6 is 15.9 Å². The summed E-state index contributed by atoms with van der Waals surface area (Å²) >= 11 is 3.44. The number of hydrogen-bond acceptors (Lipinski definition) is 3. The second-order valence-electron chi connectivity index (χ2n) is 4.62. The molecule has 5 heteroatoms. The lowest BCUT2D eigenvalue weighted by Gasteiger charge is -2.24. The molecule has 0 aliphatic heterocycles. The molecule has 16 heavy (non-hydrogen) atoms. The maximum absolute atomic E-state index is 5.36. The molecule has 0 fully saturated rings. The van der Waals surface area contributed by atoms with Crippen molar-refractivity contribution in [3.05, 3.63) is 11.6 Å². The van der Waals surface area contributed by atoms with Crippen molar-refractivity contribution in [1.82, 2.24) is 14.8 Å². The van der Waals surface area contributed by atoms with Crippen molar-refractivity contribution in [1.29, 1.82) is 0 Å². The average molecular weight is 290 g/mol. The quantitative estimate of drug-likeness (QED) is 0.618. The van der Waals surface area contributed by atoms with E-state index in [1.54, 1.807) is 0 Å². The summed E-state index contributed by atoms with van der Waals surface area (Å²) < 4.78 is 7.54. The van der Waals surface area contributed by atoms with E-state index in [1.165, 1.54) is 0 Å². The summed E-state index contributed by atoms with van der Waals surface area (Å²) in [6.45, 7) is 9.92. The van der Waals surface area contributed by atoms with Crippen molar-refractivity contribution in [2.45, 2.75) is 45.0 Å². The van der Waals surface area contributed by atoms with E-state index in [0.29, 0.717) is 6.61 Å². The summed E-state index contributed by atoms with van der Waals surface area (Å²) in [5, 5.41) is 9.15. The fourth-order valence-electron chi connectivity index (χ4n) is 1.68. The fourth-order valence-corrected chi connectivity index (χ4v) is 2.05. The van der Waals surface area contributed by atoms with Gasteiger partial charge in [-0.3, -0.25) is 0 Å². The summed E-state index contributed by atoms with van der Waals surface area (Å²) in [4.78, 5) is 0. The Morgan fingerprint density at radius 2 is 1.88 bits per heavy atom. The largest absolute Gasteiger partial charge is 0.381 e. The summed E-state index contributed by atoms with van der Waals surface area (Å²) in [7, 11) is 0. The van der Waals surface area contributed by atoms with Gasteiger partial charge in [-0.05, 0) is 27.7 Å². The van der Waals surface area contributed by atoms with Crippen LogP contribution in [0.3, 0.4) is 0 Å². The molecule has 0 radical (unpaired) electrons. The monoisotopic (exact) mass is 289 g/mol. The number of aromatic nitrogens is 3. The first-order valence-electron chi connectivity index (χ1n) is 5.58. The third kappa shape index (κ3) is 3.28. The van der Waals surface area contributed by atoms with Gasteiger partial charge in [-0.25, -0.2) is 0 Å². The third-order valence-corrected chi connectivity index (χ3v) is 2.76. The second kappa shape index (κ2) is 5.77. The van der Waals surface area contributed by atoms with Crippen LogP contribution in [0, 0.1) is 0 Å². The van der Waals surface area contributed by atoms with Gasteiger partial charge in [0.05, 0.1) is 11.9 Å². The lowest BCUT2D eigenvalue weighted by atomic mass is 10.1. The molecule has 0 unspecified atom stereocenters. The average Bonchev–Trinajstić information content (AvgIpc) is 2.61. The molecule has 0 N–H and O–H groups in total. The van der Waals surface area contributed by atoms with Gasteiger partial charge in [-0.15, -0.1) is 10.2 Å². The minimum Gasteiger partial charge on any atom is -0.381 e. The lowest BCUT2D eigenvalue weighted by Crippen LogP contribution is -2.26. The van der Waals surface area contributed by atoms with Crippen LogP contribution in [0.15, 0.2) is 0 Å². The molecule has 4 nitrogen and oxygen atoms in total. The minimum atomic E-state index is 0.00809. The topological polar surface area (TPSA) is 39.9 Å². The minimum absolute atomic E-state index is 0.00809. The molecular formula is C11H20BrN3O. The van der Waals surface area contributed by atoms with E-state index in [0.717, 1.165) is 30.0 Å². The van der Waals surface area contributed by atoms with Crippen molar-refractivity contribution in [2.24, 2.45) is 0 Å². The first-order valence-corrected chi connectivity index (χ1v) is 6.70. The van der Waals surface area contributed by atoms with E-state index >= 15 is 0 Å². The molecule has 0 saturated carbocycles. The molecule has 0 aromatic carbocycles. The third-order valence-electron chi connectivity index (χ3n) is 2.26. The number of halogens is 1. The Morgan fingerprint density at radius 3 is 2.38 bits per heavy atom. The van der Waals surface area contributed by atoms with Crippen molar-refractivity contribution in [2.75, 3.05) is 13.2 Å². The van der Waals surface area contributed by atoms with Gasteiger partial charge in [0, 0.05) is 18.6 Å². The normalized spacial score (nSPS) is 12.1. The van der Waals surface area contributed by atoms with E-state index in [-0.39, 0.29) is 5.54 Å². The Morgan fingerprint density at radius 1 is 1.25 bits per heavy atom. The van der Waals surface area contributed by atoms with Crippen LogP contribution in [0.2, 0.25) is 0 Å². The zero-order valence-corrected chi connectivity index (χ0v) is 12.0. The number of nitrogens with zero attached hydrogens (tertiary/aromatic N) is 3. The van der Waals surface area contributed by atoms with Crippen LogP contribution in [-0.2, 0) is 22.0 Å². The second-order valence-corrected chi connectivity index (χ2v) is 5.18. The van der Waals surface area contributed by atoms with Crippen molar-refractivity contribution >= 4 is 15.9 Å². The first kappa shape index (κ1) is 13.6. The molecule has 0 amide bonds. The molecule has 0 saturated heterocycles. The highest BCUT2D eigenvalue weighted by molar-refractivity contribution is 9.08. The summed E-state index contributed by atoms with van der Waals surface area (Å²) in [6.07, 6.45) is 0.811. The predicted molar refractivity (Wildman–Crippen MR) is 67.8 cm³/mol. The van der Waals surface area contributed by atoms with Crippen LogP contribution in [0.5, 0.6) is 0 Å². The summed E-state index contributed by atoms with van der Waals surface area (Å²) in [5.41, 5.74) is 0.00809. The molecule has 1 heterocycles. The van der Waals surface area contributed by atoms with E-state index in [4.69, 9.17) is 4.74 Å². The molecule has 1 aromatic rings. The van der Waals surface area contributed by atoms with Gasteiger partial charge in [0.2, 0.25) is 0 Å². The zero-order valence-electron chi connectivity index (χ0n) is 10.5. The molecule has 1 rings (SSSR count). The highest BCUT2D eigenvalue weighted by atomic mass is 79.9. The van der Waals surface area contributed by atoms with Crippen molar-refractivity contribution < 1.29 is 4.74 Å². The maximum Gasteiger partial charge on any atom is 0.144 e. The van der Waals surface area contributed by atoms with Gasteiger partial charge in [0.1, 0.15) is 11.6 Å². The van der Waals surface area contributed by atoms with Crippen LogP contribution in [0.4, 0.5) is 0 Å². The molecule has 0 aliphatic carbocycles. The Hall–Kier alpha value is -0.420. The van der Waals surface area contributed by atoms with Gasteiger partial charge < -0.3 is 9.30 Å². The number of ether oxygens (including phenoxy) is 1. The summed E-state index contributed by atoms with van der Waals surface area (Å²) in [6, 6.07) is 0. The Kier molecular flexibility index (Phi) is 4.92. The number of alkyl halides is 1. The van der Waals surface area contributed by atoms with Gasteiger partial charge >= 0.3 is 0 Å². The van der Waals surface area contributed by atoms with E-state index in [2.05, 4.69) is 51.5 Å². The Bertz CT molecular complexity index is 330. The molecule has 0 bridgehead atoms. The number of hydrogen-bond donors (Lipinski definition) is 0. The van der Waals surface area contributed by atoms with E-state index < -0.39 is 0 Å². The van der Waals surface area contributed by atoms with Gasteiger partial charge in [0.25, 0.3) is 0 Å². The van der Waals surface area contributed by atoms with Crippen LogP contribution in [0.25, 0.3) is 0 Å². The van der Waals surface area contributed by atoms with E-state index in [1.807, 2.05) is 6.92 Å². The highest BCUT2D eigenvalue weighted by Crippen LogP contribution is 2.20. The standard InChI is InChI=1S/C11H20BrN3O/c1-5-16-7-6-9-13-14-10(8-12)15(9)11(2,3)4/h5-8H2,1-4H3. The Labute approximate surface area is 106 Å². The van der Waals surface area contributed by atoms with Gasteiger partial charge in [-0.1, -0.05) is 15.9 Å². The lowest BCUT2D eigenvalue weighted by molar-refractivity contribution is 0.147. The molecule has 92 valence electrons. The van der Waals surface area contributed by atoms with Crippen LogP contribution in [-0.4, -0.2) is 28.0 Å². The van der Waals surface area contributed by atoms with E-state index in [9.17, 15) is 0 Å². The van der Waals surface area contributed by atoms with Crippen molar-refractivity contribution in [3.8, 4) is 0 Å². The zero-order chi connectivity index (χ0) is 12.2. The maximum atomic E-state index is 5.36. The number of rotatable bonds is 5. The molecule has 0 atom stereocenters. The Balaban J connectivity index is 2.88. The van der Waals surface area contributed by atoms with Crippen LogP contribution in [0.1, 0.15) is 39.3 Å². The molecule has 1 aromatic heterocycles. The van der Waals surface area contributed by atoms with Gasteiger partial charge in [-0.2, -0.15) is 0 Å². The fraction of sp³-hybridized carbons (Fsp3) is 0.818. The SMILES string of the molecule is CCOCCc1nnc(CBr)n1C(C)(C)C. The predicted octanol–water partition coefficient (Wildman–Crippen LogP) is 2.51. The molecule has 0 spiro atoms.